The van der Waals surface area contributed by atoms with Gasteiger partial charge in [0.05, 0.1) is 12.1 Å². The quantitative estimate of drug-likeness (QED) is 0.712. The van der Waals surface area contributed by atoms with E-state index in [1.807, 2.05) is 0 Å². The molecule has 3 heteroatoms. The van der Waals surface area contributed by atoms with E-state index >= 15 is 0 Å². The number of aliphatic hydroxyl groups is 1. The molecule has 0 radical (unpaired) electrons. The fraction of sp³-hybridized carbons (Fsp3) is 1.00. The Kier molecular flexibility index (Phi) is 6.78. The highest BCUT2D eigenvalue weighted by Gasteiger charge is 2.31. The van der Waals surface area contributed by atoms with Crippen molar-refractivity contribution in [3.05, 3.63) is 0 Å². The number of rotatable bonds is 8. The summed E-state index contributed by atoms with van der Waals surface area (Å²) < 4.78 is 0. The monoisotopic (exact) mass is 270 g/mol. The summed E-state index contributed by atoms with van der Waals surface area (Å²) in [5, 5.41) is 13.3. The highest BCUT2D eigenvalue weighted by Crippen LogP contribution is 2.25. The van der Waals surface area contributed by atoms with Gasteiger partial charge in [-0.1, -0.05) is 40.5 Å². The molecule has 2 N–H and O–H groups in total. The molecule has 0 spiro atoms. The minimum atomic E-state index is -0.189. The first kappa shape index (κ1) is 16.9. The zero-order valence-corrected chi connectivity index (χ0v) is 13.6. The van der Waals surface area contributed by atoms with Crippen molar-refractivity contribution >= 4 is 0 Å². The van der Waals surface area contributed by atoms with Gasteiger partial charge in [-0.25, -0.2) is 0 Å². The van der Waals surface area contributed by atoms with Crippen LogP contribution in [0.15, 0.2) is 0 Å². The van der Waals surface area contributed by atoms with Gasteiger partial charge in [0.1, 0.15) is 0 Å². The zero-order chi connectivity index (χ0) is 14.5. The number of nitrogens with one attached hydrogen (secondary N) is 1. The Labute approximate surface area is 119 Å². The SMILES string of the molecule is CC(C)CN(CC(C)(CO)NC(C)C)C1CCCC1. The second kappa shape index (κ2) is 7.61. The molecule has 0 heterocycles. The van der Waals surface area contributed by atoms with Crippen molar-refractivity contribution in [1.29, 1.82) is 0 Å². The van der Waals surface area contributed by atoms with Crippen LogP contribution in [0.3, 0.4) is 0 Å². The molecule has 0 saturated heterocycles. The summed E-state index contributed by atoms with van der Waals surface area (Å²) in [6.45, 7) is 13.3. The Balaban J connectivity index is 2.67. The second-order valence-electron chi connectivity index (χ2n) is 7.28. The summed E-state index contributed by atoms with van der Waals surface area (Å²) in [5.41, 5.74) is -0.189. The van der Waals surface area contributed by atoms with E-state index in [1.54, 1.807) is 0 Å². The van der Waals surface area contributed by atoms with Gasteiger partial charge in [0.25, 0.3) is 0 Å². The smallest absolute Gasteiger partial charge is 0.0623 e. The van der Waals surface area contributed by atoms with Crippen molar-refractivity contribution in [3.8, 4) is 0 Å². The van der Waals surface area contributed by atoms with E-state index in [4.69, 9.17) is 0 Å². The first-order valence-electron chi connectivity index (χ1n) is 7.99. The Morgan fingerprint density at radius 2 is 1.79 bits per heavy atom. The van der Waals surface area contributed by atoms with E-state index in [0.29, 0.717) is 12.0 Å². The van der Waals surface area contributed by atoms with Crippen molar-refractivity contribution < 1.29 is 5.11 Å². The van der Waals surface area contributed by atoms with Crippen LogP contribution in [0.2, 0.25) is 0 Å². The molecule has 114 valence electrons. The fourth-order valence-electron chi connectivity index (χ4n) is 3.37. The minimum absolute atomic E-state index is 0.189. The van der Waals surface area contributed by atoms with Crippen LogP contribution in [0, 0.1) is 5.92 Å². The summed E-state index contributed by atoms with van der Waals surface area (Å²) in [6, 6.07) is 1.13. The predicted molar refractivity (Wildman–Crippen MR) is 82.4 cm³/mol. The molecule has 3 nitrogen and oxygen atoms in total. The number of hydrogen-bond donors (Lipinski definition) is 2. The molecule has 1 saturated carbocycles. The predicted octanol–water partition coefficient (Wildman–Crippen LogP) is 2.64. The molecule has 1 aliphatic carbocycles. The Morgan fingerprint density at radius 1 is 1.21 bits per heavy atom. The molecule has 0 aromatic carbocycles. The fourth-order valence-corrected chi connectivity index (χ4v) is 3.37. The zero-order valence-electron chi connectivity index (χ0n) is 13.6. The summed E-state index contributed by atoms with van der Waals surface area (Å²) in [6.07, 6.45) is 5.39. The van der Waals surface area contributed by atoms with Crippen LogP contribution >= 0.6 is 0 Å². The molecule has 0 aliphatic heterocycles. The first-order valence-corrected chi connectivity index (χ1v) is 7.99. The average molecular weight is 270 g/mol. The highest BCUT2D eigenvalue weighted by molar-refractivity contribution is 4.90. The van der Waals surface area contributed by atoms with Crippen LogP contribution in [0.25, 0.3) is 0 Å². The molecule has 1 unspecified atom stereocenters. The Morgan fingerprint density at radius 3 is 2.21 bits per heavy atom. The van der Waals surface area contributed by atoms with Crippen LogP contribution in [0.1, 0.15) is 60.3 Å². The van der Waals surface area contributed by atoms with Crippen molar-refractivity contribution in [3.63, 3.8) is 0 Å². The maximum atomic E-state index is 9.77. The third-order valence-corrected chi connectivity index (χ3v) is 3.98. The summed E-state index contributed by atoms with van der Waals surface area (Å²) in [7, 11) is 0. The summed E-state index contributed by atoms with van der Waals surface area (Å²) >= 11 is 0. The topological polar surface area (TPSA) is 35.5 Å². The van der Waals surface area contributed by atoms with Crippen LogP contribution in [0.5, 0.6) is 0 Å². The van der Waals surface area contributed by atoms with Gasteiger partial charge in [0, 0.05) is 25.2 Å². The lowest BCUT2D eigenvalue weighted by Crippen LogP contribution is -2.58. The van der Waals surface area contributed by atoms with Gasteiger partial charge in [-0.15, -0.1) is 0 Å². The largest absolute Gasteiger partial charge is 0.394 e. The molecule has 1 aliphatic rings. The third kappa shape index (κ3) is 5.80. The number of aliphatic hydroxyl groups excluding tert-OH is 1. The molecular weight excluding hydrogens is 236 g/mol. The minimum Gasteiger partial charge on any atom is -0.394 e. The number of nitrogens with zero attached hydrogens (tertiary/aromatic N) is 1. The van der Waals surface area contributed by atoms with Gasteiger partial charge < -0.3 is 10.4 Å². The number of hydrogen-bond acceptors (Lipinski definition) is 3. The lowest BCUT2D eigenvalue weighted by atomic mass is 9.99. The molecule has 19 heavy (non-hydrogen) atoms. The van der Waals surface area contributed by atoms with E-state index < -0.39 is 0 Å². The molecule has 1 atom stereocenters. The Hall–Kier alpha value is -0.120. The lowest BCUT2D eigenvalue weighted by Gasteiger charge is -2.40. The molecule has 1 rings (SSSR count). The third-order valence-electron chi connectivity index (χ3n) is 3.98. The highest BCUT2D eigenvalue weighted by atomic mass is 16.3. The van der Waals surface area contributed by atoms with Gasteiger partial charge in [-0.3, -0.25) is 4.90 Å². The maximum absolute atomic E-state index is 9.77. The average Bonchev–Trinajstić information content (AvgIpc) is 2.79. The van der Waals surface area contributed by atoms with Crippen LogP contribution < -0.4 is 5.32 Å². The van der Waals surface area contributed by atoms with Crippen molar-refractivity contribution in [2.75, 3.05) is 19.7 Å². The van der Waals surface area contributed by atoms with E-state index in [2.05, 4.69) is 44.8 Å². The normalized spacial score (nSPS) is 20.7. The molecule has 0 aromatic rings. The van der Waals surface area contributed by atoms with E-state index in [1.165, 1.54) is 25.7 Å². The molecule has 0 amide bonds. The van der Waals surface area contributed by atoms with E-state index in [9.17, 15) is 5.11 Å². The van der Waals surface area contributed by atoms with Crippen molar-refractivity contribution in [2.45, 2.75) is 77.9 Å². The van der Waals surface area contributed by atoms with Gasteiger partial charge in [0.15, 0.2) is 0 Å². The van der Waals surface area contributed by atoms with E-state index in [-0.39, 0.29) is 12.1 Å². The van der Waals surface area contributed by atoms with E-state index in [0.717, 1.165) is 19.1 Å². The van der Waals surface area contributed by atoms with Gasteiger partial charge >= 0.3 is 0 Å². The molecule has 1 fully saturated rings. The summed E-state index contributed by atoms with van der Waals surface area (Å²) in [5.74, 6) is 0.683. The van der Waals surface area contributed by atoms with Gasteiger partial charge in [-0.05, 0) is 25.7 Å². The van der Waals surface area contributed by atoms with Gasteiger partial charge in [0.2, 0.25) is 0 Å². The van der Waals surface area contributed by atoms with Crippen molar-refractivity contribution in [2.24, 2.45) is 5.92 Å². The maximum Gasteiger partial charge on any atom is 0.0623 e. The first-order chi connectivity index (χ1) is 8.86. The lowest BCUT2D eigenvalue weighted by molar-refractivity contribution is 0.0820. The van der Waals surface area contributed by atoms with Crippen molar-refractivity contribution in [1.82, 2.24) is 10.2 Å². The second-order valence-corrected chi connectivity index (χ2v) is 7.28. The summed E-state index contributed by atoms with van der Waals surface area (Å²) in [4.78, 5) is 2.61. The van der Waals surface area contributed by atoms with Gasteiger partial charge in [-0.2, -0.15) is 0 Å². The van der Waals surface area contributed by atoms with Crippen LogP contribution in [0.4, 0.5) is 0 Å². The molecule has 0 aromatic heterocycles. The molecule has 0 bridgehead atoms. The Bertz CT molecular complexity index is 249. The van der Waals surface area contributed by atoms with Crippen LogP contribution in [-0.4, -0.2) is 47.3 Å². The standard InChI is InChI=1S/C16H34N2O/c1-13(2)10-18(15-8-6-7-9-15)11-16(5,12-19)17-14(3)4/h13-15,17,19H,6-12H2,1-5H3. The molecular formula is C16H34N2O. The van der Waals surface area contributed by atoms with Crippen LogP contribution in [-0.2, 0) is 0 Å².